The molecule has 0 aromatic carbocycles. The number of hydrogen-bond donors (Lipinski definition) is 2. The van der Waals surface area contributed by atoms with Gasteiger partial charge in [0.2, 0.25) is 5.91 Å². The molecular formula is C14H28N2OS. The van der Waals surface area contributed by atoms with Crippen LogP contribution in [0.5, 0.6) is 0 Å². The molecule has 106 valence electrons. The summed E-state index contributed by atoms with van der Waals surface area (Å²) in [4.78, 5) is 11.8. The first-order valence-corrected chi connectivity index (χ1v) is 8.29. The van der Waals surface area contributed by atoms with Crippen molar-refractivity contribution < 1.29 is 4.79 Å². The van der Waals surface area contributed by atoms with Crippen LogP contribution >= 0.6 is 11.8 Å². The van der Waals surface area contributed by atoms with Crippen LogP contribution in [0.1, 0.15) is 46.5 Å². The largest absolute Gasteiger partial charge is 0.352 e. The maximum Gasteiger partial charge on any atom is 0.230 e. The number of nitrogens with one attached hydrogen (secondary N) is 1. The minimum absolute atomic E-state index is 0.190. The van der Waals surface area contributed by atoms with Gasteiger partial charge in [0.1, 0.15) is 0 Å². The average Bonchev–Trinajstić information content (AvgIpc) is 2.30. The Kier molecular flexibility index (Phi) is 7.08. The van der Waals surface area contributed by atoms with Crippen LogP contribution in [0.15, 0.2) is 0 Å². The number of thioether (sulfide) groups is 1. The lowest BCUT2D eigenvalue weighted by Crippen LogP contribution is -2.44. The molecule has 1 fully saturated rings. The first-order valence-electron chi connectivity index (χ1n) is 7.13. The van der Waals surface area contributed by atoms with Crippen LogP contribution < -0.4 is 11.1 Å². The van der Waals surface area contributed by atoms with Crippen molar-refractivity contribution in [2.75, 3.05) is 11.5 Å². The Morgan fingerprint density at radius 1 is 1.44 bits per heavy atom. The van der Waals surface area contributed by atoms with E-state index in [-0.39, 0.29) is 11.9 Å². The first kappa shape index (κ1) is 15.8. The summed E-state index contributed by atoms with van der Waals surface area (Å²) in [5.41, 5.74) is 5.68. The third-order valence-electron chi connectivity index (χ3n) is 4.00. The molecule has 1 rings (SSSR count). The molecule has 4 heteroatoms. The minimum atomic E-state index is 0.190. The molecule has 1 amide bonds. The minimum Gasteiger partial charge on any atom is -0.352 e. The number of hydrogen-bond acceptors (Lipinski definition) is 3. The quantitative estimate of drug-likeness (QED) is 0.730. The van der Waals surface area contributed by atoms with Crippen LogP contribution in [-0.2, 0) is 4.79 Å². The van der Waals surface area contributed by atoms with Crippen molar-refractivity contribution in [2.45, 2.75) is 58.5 Å². The van der Waals surface area contributed by atoms with Crippen molar-refractivity contribution in [3.8, 4) is 0 Å². The van der Waals surface area contributed by atoms with Gasteiger partial charge in [-0.25, -0.2) is 0 Å². The fourth-order valence-corrected chi connectivity index (χ4v) is 3.42. The first-order chi connectivity index (χ1) is 8.50. The molecule has 1 aliphatic rings. The lowest BCUT2D eigenvalue weighted by molar-refractivity contribution is -0.119. The third kappa shape index (κ3) is 5.61. The molecule has 4 atom stereocenters. The number of carbonyl (C=O) groups excluding carboxylic acids is 1. The van der Waals surface area contributed by atoms with E-state index in [0.717, 1.165) is 24.5 Å². The van der Waals surface area contributed by atoms with Crippen LogP contribution in [0.4, 0.5) is 0 Å². The third-order valence-corrected chi connectivity index (χ3v) is 4.99. The lowest BCUT2D eigenvalue weighted by Gasteiger charge is -2.34. The molecule has 0 bridgehead atoms. The van der Waals surface area contributed by atoms with Crippen molar-refractivity contribution in [1.29, 1.82) is 0 Å². The monoisotopic (exact) mass is 272 g/mol. The van der Waals surface area contributed by atoms with E-state index in [4.69, 9.17) is 5.73 Å². The van der Waals surface area contributed by atoms with Crippen LogP contribution in [0.25, 0.3) is 0 Å². The summed E-state index contributed by atoms with van der Waals surface area (Å²) in [6.45, 7) is 6.56. The Morgan fingerprint density at radius 2 is 2.17 bits per heavy atom. The molecular weight excluding hydrogens is 244 g/mol. The Balaban J connectivity index is 2.19. The highest BCUT2D eigenvalue weighted by Gasteiger charge is 2.27. The van der Waals surface area contributed by atoms with Gasteiger partial charge in [-0.2, -0.15) is 11.8 Å². The number of nitrogens with two attached hydrogens (primary N) is 1. The summed E-state index contributed by atoms with van der Waals surface area (Å²) in [7, 11) is 0. The van der Waals surface area contributed by atoms with E-state index in [1.165, 1.54) is 12.8 Å². The van der Waals surface area contributed by atoms with Gasteiger partial charge in [-0.15, -0.1) is 0 Å². The lowest BCUT2D eigenvalue weighted by atomic mass is 9.78. The van der Waals surface area contributed by atoms with Crippen molar-refractivity contribution in [3.05, 3.63) is 0 Å². The summed E-state index contributed by atoms with van der Waals surface area (Å²) < 4.78 is 0. The number of carbonyl (C=O) groups is 1. The van der Waals surface area contributed by atoms with E-state index in [9.17, 15) is 4.79 Å². The van der Waals surface area contributed by atoms with Gasteiger partial charge in [-0.05, 0) is 37.4 Å². The molecule has 1 saturated carbocycles. The van der Waals surface area contributed by atoms with Gasteiger partial charge in [-0.1, -0.05) is 26.7 Å². The summed E-state index contributed by atoms with van der Waals surface area (Å²) >= 11 is 1.69. The van der Waals surface area contributed by atoms with Gasteiger partial charge in [0.05, 0.1) is 5.75 Å². The van der Waals surface area contributed by atoms with E-state index in [1.54, 1.807) is 11.8 Å². The molecule has 0 radical (unpaired) electrons. The molecule has 1 aliphatic carbocycles. The highest BCUT2D eigenvalue weighted by Crippen LogP contribution is 2.29. The highest BCUT2D eigenvalue weighted by atomic mass is 32.2. The van der Waals surface area contributed by atoms with Crippen molar-refractivity contribution in [1.82, 2.24) is 5.32 Å². The zero-order valence-electron chi connectivity index (χ0n) is 11.9. The van der Waals surface area contributed by atoms with Gasteiger partial charge in [-0.3, -0.25) is 4.79 Å². The molecule has 0 aliphatic heterocycles. The molecule has 3 nitrogen and oxygen atoms in total. The van der Waals surface area contributed by atoms with Gasteiger partial charge >= 0.3 is 0 Å². The van der Waals surface area contributed by atoms with E-state index in [2.05, 4.69) is 19.2 Å². The van der Waals surface area contributed by atoms with Crippen molar-refractivity contribution in [2.24, 2.45) is 17.6 Å². The van der Waals surface area contributed by atoms with Gasteiger partial charge < -0.3 is 11.1 Å². The maximum absolute atomic E-state index is 11.8. The second-order valence-corrected chi connectivity index (χ2v) is 6.87. The SMILES string of the molecule is CC(N)CCSCC(=O)NC1CCCC(C)C1C. The van der Waals surface area contributed by atoms with E-state index < -0.39 is 0 Å². The van der Waals surface area contributed by atoms with Crippen LogP contribution in [0.3, 0.4) is 0 Å². The second kappa shape index (κ2) is 8.05. The summed E-state index contributed by atoms with van der Waals surface area (Å²) in [5, 5.41) is 3.20. The molecule has 4 unspecified atom stereocenters. The Hall–Kier alpha value is -0.220. The zero-order chi connectivity index (χ0) is 13.5. The number of rotatable bonds is 6. The highest BCUT2D eigenvalue weighted by molar-refractivity contribution is 7.99. The van der Waals surface area contributed by atoms with Gasteiger partial charge in [0.15, 0.2) is 0 Å². The Labute approximate surface area is 116 Å². The second-order valence-electron chi connectivity index (χ2n) is 5.76. The van der Waals surface area contributed by atoms with E-state index >= 15 is 0 Å². The topological polar surface area (TPSA) is 55.1 Å². The standard InChI is InChI=1S/C14H28N2OS/c1-10-5-4-6-13(12(10)3)16-14(17)9-18-8-7-11(2)15/h10-13H,4-9,15H2,1-3H3,(H,16,17). The summed E-state index contributed by atoms with van der Waals surface area (Å²) in [6.07, 6.45) is 4.67. The molecule has 0 heterocycles. The fourth-order valence-electron chi connectivity index (χ4n) is 2.47. The van der Waals surface area contributed by atoms with Gasteiger partial charge in [0, 0.05) is 12.1 Å². The predicted octanol–water partition coefficient (Wildman–Crippen LogP) is 2.40. The predicted molar refractivity (Wildman–Crippen MR) is 79.7 cm³/mol. The summed E-state index contributed by atoms with van der Waals surface area (Å²) in [5.74, 6) is 3.08. The average molecular weight is 272 g/mol. The Morgan fingerprint density at radius 3 is 2.83 bits per heavy atom. The van der Waals surface area contributed by atoms with Crippen LogP contribution in [0.2, 0.25) is 0 Å². The number of amides is 1. The smallest absolute Gasteiger partial charge is 0.230 e. The van der Waals surface area contributed by atoms with Gasteiger partial charge in [0.25, 0.3) is 0 Å². The Bertz CT molecular complexity index is 258. The van der Waals surface area contributed by atoms with E-state index in [1.807, 2.05) is 6.92 Å². The molecule has 0 saturated heterocycles. The summed E-state index contributed by atoms with van der Waals surface area (Å²) in [6, 6.07) is 0.620. The zero-order valence-corrected chi connectivity index (χ0v) is 12.8. The van der Waals surface area contributed by atoms with Crippen molar-refractivity contribution >= 4 is 17.7 Å². The van der Waals surface area contributed by atoms with E-state index in [0.29, 0.717) is 17.7 Å². The molecule has 0 aromatic rings. The molecule has 0 aromatic heterocycles. The van der Waals surface area contributed by atoms with Crippen LogP contribution in [0, 0.1) is 11.8 Å². The fraction of sp³-hybridized carbons (Fsp3) is 0.929. The maximum atomic E-state index is 11.8. The normalized spacial score (nSPS) is 29.9. The molecule has 3 N–H and O–H groups in total. The molecule has 0 spiro atoms. The van der Waals surface area contributed by atoms with Crippen molar-refractivity contribution in [3.63, 3.8) is 0 Å². The van der Waals surface area contributed by atoms with Crippen LogP contribution in [-0.4, -0.2) is 29.5 Å². The molecule has 18 heavy (non-hydrogen) atoms.